The maximum Gasteiger partial charge on any atom is 0.328 e. The number of amides is 2. The molecular formula is C20H34N4O4. The molecule has 0 aromatic heterocycles. The third-order valence-corrected chi connectivity index (χ3v) is 6.02. The fraction of sp³-hybridized carbons (Fsp3) is 0.850. The molecule has 0 aromatic rings. The molecule has 3 heterocycles. The minimum absolute atomic E-state index is 0.0133. The number of ether oxygens (including phenoxy) is 1. The number of piperazine rings is 1. The molecule has 0 spiro atoms. The second-order valence-electron chi connectivity index (χ2n) is 7.99. The lowest BCUT2D eigenvalue weighted by Crippen LogP contribution is -2.55. The third kappa shape index (κ3) is 5.44. The van der Waals surface area contributed by atoms with Gasteiger partial charge in [-0.1, -0.05) is 0 Å². The lowest BCUT2D eigenvalue weighted by Gasteiger charge is -2.38. The number of hydrogen-bond donors (Lipinski definition) is 0. The van der Waals surface area contributed by atoms with Crippen molar-refractivity contribution in [2.24, 2.45) is 0 Å². The van der Waals surface area contributed by atoms with Crippen molar-refractivity contribution in [1.29, 1.82) is 0 Å². The molecule has 3 aliphatic rings. The Morgan fingerprint density at radius 1 is 0.786 bits per heavy atom. The Morgan fingerprint density at radius 3 is 1.96 bits per heavy atom. The molecule has 0 radical (unpaired) electrons. The van der Waals surface area contributed by atoms with Crippen LogP contribution in [0.25, 0.3) is 0 Å². The average molecular weight is 395 g/mol. The molecule has 8 nitrogen and oxygen atoms in total. The minimum atomic E-state index is -0.430. The van der Waals surface area contributed by atoms with Crippen molar-refractivity contribution in [1.82, 2.24) is 19.6 Å². The van der Waals surface area contributed by atoms with E-state index in [0.29, 0.717) is 32.7 Å². The van der Waals surface area contributed by atoms with Gasteiger partial charge in [0, 0.05) is 45.8 Å². The summed E-state index contributed by atoms with van der Waals surface area (Å²) in [6.45, 7) is 8.53. The van der Waals surface area contributed by atoms with E-state index in [1.54, 1.807) is 11.8 Å². The van der Waals surface area contributed by atoms with Gasteiger partial charge in [0.05, 0.1) is 19.7 Å². The molecule has 3 rings (SSSR count). The highest BCUT2D eigenvalue weighted by atomic mass is 16.5. The maximum absolute atomic E-state index is 12.8. The predicted octanol–water partition coefficient (Wildman–Crippen LogP) is 0.171. The molecule has 158 valence electrons. The molecule has 1 atom stereocenters. The van der Waals surface area contributed by atoms with E-state index in [1.807, 2.05) is 4.90 Å². The van der Waals surface area contributed by atoms with Gasteiger partial charge in [-0.25, -0.2) is 4.79 Å². The van der Waals surface area contributed by atoms with Crippen LogP contribution < -0.4 is 0 Å². The van der Waals surface area contributed by atoms with Crippen LogP contribution in [0.5, 0.6) is 0 Å². The van der Waals surface area contributed by atoms with Crippen molar-refractivity contribution in [3.63, 3.8) is 0 Å². The number of carbonyl (C=O) groups excluding carboxylic acids is 3. The van der Waals surface area contributed by atoms with Gasteiger partial charge in [0.15, 0.2) is 0 Å². The Bertz CT molecular complexity index is 556. The van der Waals surface area contributed by atoms with E-state index in [1.165, 1.54) is 0 Å². The minimum Gasteiger partial charge on any atom is -0.464 e. The molecule has 28 heavy (non-hydrogen) atoms. The Balaban J connectivity index is 1.43. The van der Waals surface area contributed by atoms with Crippen LogP contribution in [-0.2, 0) is 19.1 Å². The lowest BCUT2D eigenvalue weighted by atomic mass is 10.0. The summed E-state index contributed by atoms with van der Waals surface area (Å²) in [7, 11) is 0. The Kier molecular flexibility index (Phi) is 7.67. The van der Waals surface area contributed by atoms with Crippen molar-refractivity contribution in [3.8, 4) is 0 Å². The monoisotopic (exact) mass is 394 g/mol. The molecule has 0 aromatic carbocycles. The smallest absolute Gasteiger partial charge is 0.328 e. The summed E-state index contributed by atoms with van der Waals surface area (Å²) in [5.41, 5.74) is 0. The molecular weight excluding hydrogens is 360 g/mol. The molecule has 3 saturated heterocycles. The standard InChI is InChI=1S/C20H34N4O4/c1-2-28-20(27)17-7-3-4-10-24(17)19(26)16-22-13-11-21(12-14-22)15-18(25)23-8-5-6-9-23/h17H,2-16H2,1H3. The van der Waals surface area contributed by atoms with Gasteiger partial charge in [-0.05, 0) is 39.0 Å². The number of carbonyl (C=O) groups is 3. The summed E-state index contributed by atoms with van der Waals surface area (Å²) in [6.07, 6.45) is 4.82. The van der Waals surface area contributed by atoms with Gasteiger partial charge in [-0.3, -0.25) is 19.4 Å². The number of piperidine rings is 1. The van der Waals surface area contributed by atoms with Crippen LogP contribution in [0.1, 0.15) is 39.0 Å². The van der Waals surface area contributed by atoms with Crippen LogP contribution in [0.4, 0.5) is 0 Å². The zero-order valence-corrected chi connectivity index (χ0v) is 17.1. The van der Waals surface area contributed by atoms with Crippen molar-refractivity contribution in [3.05, 3.63) is 0 Å². The van der Waals surface area contributed by atoms with Crippen LogP contribution in [0.3, 0.4) is 0 Å². The molecule has 0 N–H and O–H groups in total. The second kappa shape index (κ2) is 10.2. The quantitative estimate of drug-likeness (QED) is 0.598. The summed E-state index contributed by atoms with van der Waals surface area (Å²) in [6, 6.07) is -0.430. The van der Waals surface area contributed by atoms with Gasteiger partial charge in [-0.2, -0.15) is 0 Å². The topological polar surface area (TPSA) is 73.4 Å². The average Bonchev–Trinajstić information content (AvgIpc) is 3.25. The summed E-state index contributed by atoms with van der Waals surface area (Å²) in [4.78, 5) is 45.3. The predicted molar refractivity (Wildman–Crippen MR) is 105 cm³/mol. The van der Waals surface area contributed by atoms with Gasteiger partial charge in [-0.15, -0.1) is 0 Å². The van der Waals surface area contributed by atoms with Gasteiger partial charge < -0.3 is 14.5 Å². The summed E-state index contributed by atoms with van der Waals surface area (Å²) < 4.78 is 5.16. The highest BCUT2D eigenvalue weighted by Crippen LogP contribution is 2.19. The van der Waals surface area contributed by atoms with Crippen molar-refractivity contribution < 1.29 is 19.1 Å². The first kappa shape index (κ1) is 21.0. The molecule has 0 aliphatic carbocycles. The molecule has 2 amide bonds. The van der Waals surface area contributed by atoms with Crippen molar-refractivity contribution in [2.75, 3.05) is 65.5 Å². The molecule has 8 heteroatoms. The van der Waals surface area contributed by atoms with Crippen LogP contribution in [-0.4, -0.2) is 109 Å². The molecule has 0 bridgehead atoms. The summed E-state index contributed by atoms with van der Waals surface area (Å²) in [5.74, 6) is -0.0345. The zero-order valence-electron chi connectivity index (χ0n) is 17.1. The lowest BCUT2D eigenvalue weighted by molar-refractivity contribution is -0.157. The van der Waals surface area contributed by atoms with Crippen LogP contribution in [0.15, 0.2) is 0 Å². The van der Waals surface area contributed by atoms with E-state index >= 15 is 0 Å². The fourth-order valence-corrected chi connectivity index (χ4v) is 4.36. The van der Waals surface area contributed by atoms with E-state index in [4.69, 9.17) is 4.74 Å². The second-order valence-corrected chi connectivity index (χ2v) is 7.99. The number of nitrogens with zero attached hydrogens (tertiary/aromatic N) is 4. The van der Waals surface area contributed by atoms with E-state index < -0.39 is 6.04 Å². The SMILES string of the molecule is CCOC(=O)C1CCCCN1C(=O)CN1CCN(CC(=O)N2CCCC2)CC1. The van der Waals surface area contributed by atoms with Gasteiger partial charge in [0.25, 0.3) is 0 Å². The highest BCUT2D eigenvalue weighted by molar-refractivity contribution is 5.86. The maximum atomic E-state index is 12.8. The Morgan fingerprint density at radius 2 is 1.36 bits per heavy atom. The largest absolute Gasteiger partial charge is 0.464 e. The normalized spacial score (nSPS) is 24.4. The summed E-state index contributed by atoms with van der Waals surface area (Å²) >= 11 is 0. The van der Waals surface area contributed by atoms with Crippen molar-refractivity contribution >= 4 is 17.8 Å². The highest BCUT2D eigenvalue weighted by Gasteiger charge is 2.34. The van der Waals surface area contributed by atoms with E-state index in [2.05, 4.69) is 9.80 Å². The number of esters is 1. The first-order valence-electron chi connectivity index (χ1n) is 10.8. The van der Waals surface area contributed by atoms with E-state index in [-0.39, 0.29) is 17.8 Å². The third-order valence-electron chi connectivity index (χ3n) is 6.02. The molecule has 3 fully saturated rings. The van der Waals surface area contributed by atoms with Crippen LogP contribution in [0.2, 0.25) is 0 Å². The van der Waals surface area contributed by atoms with Gasteiger partial charge >= 0.3 is 5.97 Å². The fourth-order valence-electron chi connectivity index (χ4n) is 4.36. The van der Waals surface area contributed by atoms with Gasteiger partial charge in [0.2, 0.25) is 11.8 Å². The van der Waals surface area contributed by atoms with E-state index in [9.17, 15) is 14.4 Å². The first-order chi connectivity index (χ1) is 13.6. The summed E-state index contributed by atoms with van der Waals surface area (Å²) in [5, 5.41) is 0. The van der Waals surface area contributed by atoms with Crippen molar-refractivity contribution in [2.45, 2.75) is 45.1 Å². The number of hydrogen-bond acceptors (Lipinski definition) is 6. The number of likely N-dealkylation sites (tertiary alicyclic amines) is 2. The zero-order chi connectivity index (χ0) is 19.9. The molecule has 1 unspecified atom stereocenters. The van der Waals surface area contributed by atoms with Gasteiger partial charge in [0.1, 0.15) is 6.04 Å². The molecule has 3 aliphatic heterocycles. The van der Waals surface area contributed by atoms with Crippen LogP contribution in [0, 0.1) is 0 Å². The van der Waals surface area contributed by atoms with E-state index in [0.717, 1.165) is 65.0 Å². The number of rotatable bonds is 6. The molecule has 0 saturated carbocycles. The Hall–Kier alpha value is -1.67. The first-order valence-corrected chi connectivity index (χ1v) is 10.8. The Labute approximate surface area is 167 Å². The van der Waals surface area contributed by atoms with Crippen LogP contribution >= 0.6 is 0 Å².